The molecule has 0 aromatic carbocycles. The highest BCUT2D eigenvalue weighted by molar-refractivity contribution is 7.87. The highest BCUT2D eigenvalue weighted by Crippen LogP contribution is 2.04. The number of aliphatic hydroxyl groups excluding tert-OH is 1. The summed E-state index contributed by atoms with van der Waals surface area (Å²) in [5, 5.41) is 25.1. The molecule has 0 radical (unpaired) electrons. The fourth-order valence-electron chi connectivity index (χ4n) is 0.774. The first-order valence-corrected chi connectivity index (χ1v) is 6.35. The van der Waals surface area contributed by atoms with Crippen LogP contribution in [-0.2, 0) is 19.7 Å². The van der Waals surface area contributed by atoms with E-state index >= 15 is 0 Å². The molecule has 0 heterocycles. The normalized spacial score (nSPS) is 14.0. The summed E-state index contributed by atoms with van der Waals surface area (Å²) in [5.74, 6) is -3.50. The van der Waals surface area contributed by atoms with Gasteiger partial charge in [0.1, 0.15) is 6.23 Å². The molecule has 0 aliphatic carbocycles. The number of nitrogens with one attached hydrogen (secondary N) is 1. The predicted octanol–water partition coefficient (Wildman–Crippen LogP) is -1.26. The molecule has 9 nitrogen and oxygen atoms in total. The topological polar surface area (TPSA) is 161 Å². The number of carboxylic acids is 2. The van der Waals surface area contributed by atoms with E-state index in [1.165, 1.54) is 0 Å². The molecule has 0 bridgehead atoms. The van der Waals surface area contributed by atoms with E-state index < -0.39 is 33.7 Å². The minimum Gasteiger partial charge on any atom is -0.481 e. The summed E-state index contributed by atoms with van der Waals surface area (Å²) in [6, 6.07) is 0. The first kappa shape index (κ1) is 19.1. The third kappa shape index (κ3) is 11.3. The third-order valence-corrected chi connectivity index (χ3v) is 2.58. The van der Waals surface area contributed by atoms with Crippen LogP contribution in [0.15, 0.2) is 0 Å². The molecule has 10 heteroatoms. The molecule has 108 valence electrons. The van der Waals surface area contributed by atoms with Crippen LogP contribution in [0.2, 0.25) is 0 Å². The molecule has 0 spiro atoms. The predicted molar refractivity (Wildman–Crippen MR) is 60.6 cm³/mol. The van der Waals surface area contributed by atoms with Gasteiger partial charge in [-0.05, 0) is 13.5 Å². The molecule has 0 saturated heterocycles. The zero-order valence-corrected chi connectivity index (χ0v) is 10.7. The average Bonchev–Trinajstić information content (AvgIpc) is 2.12. The Kier molecular flexibility index (Phi) is 9.35. The van der Waals surface area contributed by atoms with E-state index in [4.69, 9.17) is 19.9 Å². The first-order chi connectivity index (χ1) is 8.02. The number of hydrogen-bond acceptors (Lipinski definition) is 6. The molecule has 0 saturated carbocycles. The zero-order chi connectivity index (χ0) is 14.9. The van der Waals surface area contributed by atoms with Gasteiger partial charge in [0.15, 0.2) is 5.25 Å². The van der Waals surface area contributed by atoms with E-state index in [9.17, 15) is 18.0 Å². The summed E-state index contributed by atoms with van der Waals surface area (Å²) in [7, 11) is -4.84. The maximum absolute atomic E-state index is 10.2. The Balaban J connectivity index is 0. The lowest BCUT2D eigenvalue weighted by Gasteiger charge is -2.04. The van der Waals surface area contributed by atoms with Crippen LogP contribution < -0.4 is 5.32 Å². The fourth-order valence-corrected chi connectivity index (χ4v) is 1.38. The maximum Gasteiger partial charge on any atom is 0.325 e. The van der Waals surface area contributed by atoms with Crippen molar-refractivity contribution in [2.75, 3.05) is 6.54 Å². The van der Waals surface area contributed by atoms with Gasteiger partial charge in [0.25, 0.3) is 10.1 Å². The largest absolute Gasteiger partial charge is 0.481 e. The highest BCUT2D eigenvalue weighted by atomic mass is 32.2. The van der Waals surface area contributed by atoms with Gasteiger partial charge in [-0.2, -0.15) is 8.42 Å². The molecule has 18 heavy (non-hydrogen) atoms. The van der Waals surface area contributed by atoms with Gasteiger partial charge in [0.2, 0.25) is 0 Å². The molecule has 2 atom stereocenters. The van der Waals surface area contributed by atoms with Crippen molar-refractivity contribution >= 4 is 22.1 Å². The van der Waals surface area contributed by atoms with Crippen LogP contribution in [0, 0.1) is 0 Å². The minimum atomic E-state index is -4.84. The molecular weight excluding hydrogens is 270 g/mol. The van der Waals surface area contributed by atoms with Crippen molar-refractivity contribution in [1.82, 2.24) is 5.32 Å². The Morgan fingerprint density at radius 2 is 1.72 bits per heavy atom. The van der Waals surface area contributed by atoms with Gasteiger partial charge >= 0.3 is 11.9 Å². The first-order valence-electron chi connectivity index (χ1n) is 4.84. The van der Waals surface area contributed by atoms with Gasteiger partial charge < -0.3 is 15.3 Å². The second-order valence-corrected chi connectivity index (χ2v) is 4.77. The number of carboxylic acid groups (broad SMARTS) is 2. The maximum atomic E-state index is 10.2. The number of hydrogen-bond donors (Lipinski definition) is 5. The van der Waals surface area contributed by atoms with E-state index in [0.29, 0.717) is 0 Å². The van der Waals surface area contributed by atoms with E-state index in [-0.39, 0.29) is 6.23 Å². The molecule has 0 amide bonds. The molecule has 0 aromatic rings. The van der Waals surface area contributed by atoms with E-state index in [1.54, 1.807) is 6.92 Å². The van der Waals surface area contributed by atoms with Crippen molar-refractivity contribution in [2.24, 2.45) is 0 Å². The van der Waals surface area contributed by atoms with Crippen molar-refractivity contribution in [3.63, 3.8) is 0 Å². The van der Waals surface area contributed by atoms with Crippen molar-refractivity contribution in [2.45, 2.75) is 31.7 Å². The van der Waals surface area contributed by atoms with Crippen LogP contribution in [0.25, 0.3) is 0 Å². The van der Waals surface area contributed by atoms with Crippen LogP contribution in [0.5, 0.6) is 0 Å². The number of rotatable bonds is 6. The van der Waals surface area contributed by atoms with Crippen molar-refractivity contribution in [3.05, 3.63) is 0 Å². The second-order valence-electron chi connectivity index (χ2n) is 3.17. The smallest absolute Gasteiger partial charge is 0.325 e. The summed E-state index contributed by atoms with van der Waals surface area (Å²) in [4.78, 5) is 20.0. The SMILES string of the molecule is CCNC(C)O.O=C(O)CC(C(=O)O)S(=O)(=O)O. The lowest BCUT2D eigenvalue weighted by molar-refractivity contribution is -0.143. The zero-order valence-electron chi connectivity index (χ0n) is 9.90. The Hall–Kier alpha value is -1.23. The summed E-state index contributed by atoms with van der Waals surface area (Å²) >= 11 is 0. The van der Waals surface area contributed by atoms with E-state index in [1.807, 2.05) is 6.92 Å². The van der Waals surface area contributed by atoms with Crippen LogP contribution in [0.3, 0.4) is 0 Å². The molecule has 0 aliphatic rings. The summed E-state index contributed by atoms with van der Waals surface area (Å²) in [6.07, 6.45) is -1.51. The Labute approximate surface area is 104 Å². The molecule has 0 fully saturated rings. The monoisotopic (exact) mass is 287 g/mol. The van der Waals surface area contributed by atoms with Crippen molar-refractivity contribution in [1.29, 1.82) is 0 Å². The summed E-state index contributed by atoms with van der Waals surface area (Å²) in [5.41, 5.74) is 0. The van der Waals surface area contributed by atoms with Gasteiger partial charge in [0.05, 0.1) is 6.42 Å². The number of aliphatic carboxylic acids is 2. The van der Waals surface area contributed by atoms with Crippen molar-refractivity contribution in [3.8, 4) is 0 Å². The standard InChI is InChI=1S/C4H11NO.C4H6O7S/c1-3-5-4(2)6;5-3(6)1-2(4(7)8)12(9,10)11/h4-6H,3H2,1-2H3;2H,1H2,(H,5,6)(H,7,8)(H,9,10,11). The van der Waals surface area contributed by atoms with E-state index in [0.717, 1.165) is 6.54 Å². The Morgan fingerprint density at radius 1 is 1.28 bits per heavy atom. The van der Waals surface area contributed by atoms with Crippen LogP contribution in [0.1, 0.15) is 20.3 Å². The highest BCUT2D eigenvalue weighted by Gasteiger charge is 2.33. The molecule has 5 N–H and O–H groups in total. The molecule has 0 rings (SSSR count). The van der Waals surface area contributed by atoms with Crippen LogP contribution in [0.4, 0.5) is 0 Å². The Bertz CT molecular complexity index is 363. The number of carbonyl (C=O) groups is 2. The molecule has 0 aliphatic heterocycles. The van der Waals surface area contributed by atoms with Crippen LogP contribution >= 0.6 is 0 Å². The minimum absolute atomic E-state index is 0.352. The van der Waals surface area contributed by atoms with Gasteiger partial charge in [-0.25, -0.2) is 0 Å². The average molecular weight is 287 g/mol. The summed E-state index contributed by atoms with van der Waals surface area (Å²) < 4.78 is 28.7. The van der Waals surface area contributed by atoms with Gasteiger partial charge in [0, 0.05) is 0 Å². The van der Waals surface area contributed by atoms with Gasteiger partial charge in [-0.15, -0.1) is 0 Å². The van der Waals surface area contributed by atoms with Crippen LogP contribution in [-0.4, -0.2) is 58.3 Å². The lowest BCUT2D eigenvalue weighted by Crippen LogP contribution is -2.31. The van der Waals surface area contributed by atoms with Gasteiger partial charge in [-0.3, -0.25) is 19.5 Å². The second kappa shape index (κ2) is 8.80. The lowest BCUT2D eigenvalue weighted by atomic mass is 10.3. The quantitative estimate of drug-likeness (QED) is 0.296. The Morgan fingerprint density at radius 3 is 1.78 bits per heavy atom. The fraction of sp³-hybridized carbons (Fsp3) is 0.750. The summed E-state index contributed by atoms with van der Waals surface area (Å²) in [6.45, 7) is 4.48. The molecule has 2 unspecified atom stereocenters. The number of aliphatic hydroxyl groups is 1. The molecule has 0 aromatic heterocycles. The van der Waals surface area contributed by atoms with E-state index in [2.05, 4.69) is 5.32 Å². The van der Waals surface area contributed by atoms with Crippen molar-refractivity contribution < 1.29 is 37.9 Å². The van der Waals surface area contributed by atoms with Gasteiger partial charge in [-0.1, -0.05) is 6.92 Å². The third-order valence-electron chi connectivity index (χ3n) is 1.49. The molecular formula is C8H17NO8S.